The standard InChI is InChI=1S/C16H24N2O/c1-3-17-15-10-9-13(11-12(15)2)16(19)18-14-7-5-4-6-8-14/h9-11,14,17H,3-8H2,1-2H3,(H,18,19). The first-order chi connectivity index (χ1) is 9.20. The molecule has 1 fully saturated rings. The Labute approximate surface area is 115 Å². The second kappa shape index (κ2) is 6.60. The van der Waals surface area contributed by atoms with Crippen molar-refractivity contribution in [2.24, 2.45) is 0 Å². The molecule has 0 atom stereocenters. The molecule has 3 nitrogen and oxygen atoms in total. The summed E-state index contributed by atoms with van der Waals surface area (Å²) in [6.45, 7) is 5.01. The number of aryl methyl sites for hydroxylation is 1. The van der Waals surface area contributed by atoms with Crippen LogP contribution in [0, 0.1) is 6.92 Å². The molecular weight excluding hydrogens is 236 g/mol. The fraction of sp³-hybridized carbons (Fsp3) is 0.562. The number of carbonyl (C=O) groups is 1. The normalized spacial score (nSPS) is 16.1. The van der Waals surface area contributed by atoms with Gasteiger partial charge in [-0.3, -0.25) is 4.79 Å². The highest BCUT2D eigenvalue weighted by atomic mass is 16.1. The lowest BCUT2D eigenvalue weighted by Gasteiger charge is -2.23. The molecule has 1 aromatic rings. The summed E-state index contributed by atoms with van der Waals surface area (Å²) in [4.78, 5) is 12.2. The first-order valence-corrected chi connectivity index (χ1v) is 7.36. The van der Waals surface area contributed by atoms with Gasteiger partial charge in [-0.1, -0.05) is 19.3 Å². The molecule has 0 radical (unpaired) electrons. The summed E-state index contributed by atoms with van der Waals surface area (Å²) in [7, 11) is 0. The van der Waals surface area contributed by atoms with Gasteiger partial charge in [-0.25, -0.2) is 0 Å². The van der Waals surface area contributed by atoms with Crippen molar-refractivity contribution in [1.29, 1.82) is 0 Å². The average molecular weight is 260 g/mol. The minimum Gasteiger partial charge on any atom is -0.385 e. The molecule has 104 valence electrons. The summed E-state index contributed by atoms with van der Waals surface area (Å²) in [5, 5.41) is 6.45. The van der Waals surface area contributed by atoms with Gasteiger partial charge in [0.25, 0.3) is 5.91 Å². The number of hydrogen-bond acceptors (Lipinski definition) is 2. The molecule has 0 aromatic heterocycles. The van der Waals surface area contributed by atoms with Gasteiger partial charge in [0.05, 0.1) is 0 Å². The Bertz CT molecular complexity index is 436. The Kier molecular flexibility index (Phi) is 4.83. The van der Waals surface area contributed by atoms with Gasteiger partial charge in [-0.05, 0) is 50.5 Å². The number of amides is 1. The van der Waals surface area contributed by atoms with E-state index in [0.717, 1.165) is 36.2 Å². The van der Waals surface area contributed by atoms with Crippen LogP contribution in [-0.4, -0.2) is 18.5 Å². The first-order valence-electron chi connectivity index (χ1n) is 7.36. The second-order valence-electron chi connectivity index (χ2n) is 5.37. The third kappa shape index (κ3) is 3.72. The van der Waals surface area contributed by atoms with Crippen LogP contribution in [0.1, 0.15) is 54.9 Å². The van der Waals surface area contributed by atoms with Crippen LogP contribution in [-0.2, 0) is 0 Å². The highest BCUT2D eigenvalue weighted by Gasteiger charge is 2.16. The zero-order chi connectivity index (χ0) is 13.7. The SMILES string of the molecule is CCNc1ccc(C(=O)NC2CCCCC2)cc1C. The van der Waals surface area contributed by atoms with E-state index in [1.165, 1.54) is 19.3 Å². The minimum absolute atomic E-state index is 0.0676. The first kappa shape index (κ1) is 13.9. The van der Waals surface area contributed by atoms with E-state index in [1.54, 1.807) is 0 Å². The van der Waals surface area contributed by atoms with Gasteiger partial charge < -0.3 is 10.6 Å². The van der Waals surface area contributed by atoms with Crippen LogP contribution >= 0.6 is 0 Å². The number of benzene rings is 1. The maximum atomic E-state index is 12.2. The van der Waals surface area contributed by atoms with Crippen LogP contribution in [0.3, 0.4) is 0 Å². The summed E-state index contributed by atoms with van der Waals surface area (Å²) in [6, 6.07) is 6.24. The molecule has 0 heterocycles. The summed E-state index contributed by atoms with van der Waals surface area (Å²) in [5.74, 6) is 0.0676. The molecule has 1 aromatic carbocycles. The lowest BCUT2D eigenvalue weighted by molar-refractivity contribution is 0.0927. The molecular formula is C16H24N2O. The molecule has 0 spiro atoms. The van der Waals surface area contributed by atoms with Crippen molar-refractivity contribution in [2.75, 3.05) is 11.9 Å². The van der Waals surface area contributed by atoms with E-state index in [-0.39, 0.29) is 5.91 Å². The highest BCUT2D eigenvalue weighted by Crippen LogP contribution is 2.19. The summed E-state index contributed by atoms with van der Waals surface area (Å²) in [5.41, 5.74) is 3.00. The van der Waals surface area contributed by atoms with Crippen molar-refractivity contribution >= 4 is 11.6 Å². The Morgan fingerprint density at radius 2 is 2.00 bits per heavy atom. The van der Waals surface area contributed by atoms with Crippen LogP contribution in [0.25, 0.3) is 0 Å². The van der Waals surface area contributed by atoms with E-state index >= 15 is 0 Å². The Balaban J connectivity index is 2.00. The van der Waals surface area contributed by atoms with Gasteiger partial charge in [-0.15, -0.1) is 0 Å². The van der Waals surface area contributed by atoms with Crippen molar-refractivity contribution in [3.05, 3.63) is 29.3 Å². The number of rotatable bonds is 4. The number of carbonyl (C=O) groups excluding carboxylic acids is 1. The lowest BCUT2D eigenvalue weighted by Crippen LogP contribution is -2.36. The fourth-order valence-electron chi connectivity index (χ4n) is 2.71. The molecule has 3 heteroatoms. The number of hydrogen-bond donors (Lipinski definition) is 2. The molecule has 2 N–H and O–H groups in total. The zero-order valence-corrected chi connectivity index (χ0v) is 12.0. The molecule has 1 saturated carbocycles. The van der Waals surface area contributed by atoms with Crippen LogP contribution in [0.15, 0.2) is 18.2 Å². The van der Waals surface area contributed by atoms with Crippen molar-refractivity contribution < 1.29 is 4.79 Å². The molecule has 1 amide bonds. The van der Waals surface area contributed by atoms with Crippen molar-refractivity contribution in [2.45, 2.75) is 52.0 Å². The van der Waals surface area contributed by atoms with Crippen LogP contribution < -0.4 is 10.6 Å². The Morgan fingerprint density at radius 3 is 2.63 bits per heavy atom. The van der Waals surface area contributed by atoms with Crippen LogP contribution in [0.5, 0.6) is 0 Å². The smallest absolute Gasteiger partial charge is 0.251 e. The van der Waals surface area contributed by atoms with Crippen molar-refractivity contribution in [3.8, 4) is 0 Å². The molecule has 0 bridgehead atoms. The molecule has 19 heavy (non-hydrogen) atoms. The minimum atomic E-state index is 0.0676. The summed E-state index contributed by atoms with van der Waals surface area (Å²) >= 11 is 0. The van der Waals surface area contributed by atoms with E-state index in [1.807, 2.05) is 25.1 Å². The van der Waals surface area contributed by atoms with E-state index in [0.29, 0.717) is 6.04 Å². The second-order valence-corrected chi connectivity index (χ2v) is 5.37. The monoisotopic (exact) mass is 260 g/mol. The van der Waals surface area contributed by atoms with Crippen molar-refractivity contribution in [1.82, 2.24) is 5.32 Å². The predicted molar refractivity (Wildman–Crippen MR) is 79.7 cm³/mol. The topological polar surface area (TPSA) is 41.1 Å². The predicted octanol–water partition coefficient (Wildman–Crippen LogP) is 3.49. The fourth-order valence-corrected chi connectivity index (χ4v) is 2.71. The largest absolute Gasteiger partial charge is 0.385 e. The maximum absolute atomic E-state index is 12.2. The third-order valence-corrected chi connectivity index (χ3v) is 3.80. The van der Waals surface area contributed by atoms with Gasteiger partial charge in [0.15, 0.2) is 0 Å². The van der Waals surface area contributed by atoms with E-state index in [4.69, 9.17) is 0 Å². The van der Waals surface area contributed by atoms with Gasteiger partial charge in [-0.2, -0.15) is 0 Å². The average Bonchev–Trinajstić information content (AvgIpc) is 2.42. The van der Waals surface area contributed by atoms with Gasteiger partial charge in [0, 0.05) is 23.8 Å². The van der Waals surface area contributed by atoms with Gasteiger partial charge >= 0.3 is 0 Å². The van der Waals surface area contributed by atoms with E-state index in [2.05, 4.69) is 17.6 Å². The Morgan fingerprint density at radius 1 is 1.26 bits per heavy atom. The molecule has 1 aliphatic rings. The molecule has 2 rings (SSSR count). The molecule has 0 aliphatic heterocycles. The van der Waals surface area contributed by atoms with Crippen LogP contribution in [0.2, 0.25) is 0 Å². The summed E-state index contributed by atoms with van der Waals surface area (Å²) < 4.78 is 0. The Hall–Kier alpha value is -1.51. The zero-order valence-electron chi connectivity index (χ0n) is 12.0. The maximum Gasteiger partial charge on any atom is 0.251 e. The summed E-state index contributed by atoms with van der Waals surface area (Å²) in [6.07, 6.45) is 6.04. The third-order valence-electron chi connectivity index (χ3n) is 3.80. The number of anilines is 1. The van der Waals surface area contributed by atoms with E-state index in [9.17, 15) is 4.79 Å². The van der Waals surface area contributed by atoms with Crippen molar-refractivity contribution in [3.63, 3.8) is 0 Å². The van der Waals surface area contributed by atoms with E-state index < -0.39 is 0 Å². The highest BCUT2D eigenvalue weighted by molar-refractivity contribution is 5.95. The quantitative estimate of drug-likeness (QED) is 0.870. The molecule has 1 aliphatic carbocycles. The lowest BCUT2D eigenvalue weighted by atomic mass is 9.95. The van der Waals surface area contributed by atoms with Crippen LogP contribution in [0.4, 0.5) is 5.69 Å². The molecule has 0 saturated heterocycles. The van der Waals surface area contributed by atoms with Gasteiger partial charge in [0.2, 0.25) is 0 Å². The molecule has 0 unspecified atom stereocenters. The van der Waals surface area contributed by atoms with Gasteiger partial charge in [0.1, 0.15) is 0 Å². The number of nitrogens with one attached hydrogen (secondary N) is 2.